The van der Waals surface area contributed by atoms with E-state index in [0.717, 1.165) is 11.4 Å². The van der Waals surface area contributed by atoms with Gasteiger partial charge in [-0.15, -0.1) is 0 Å². The van der Waals surface area contributed by atoms with E-state index in [9.17, 15) is 0 Å². The highest BCUT2D eigenvalue weighted by Gasteiger charge is 2.12. The second kappa shape index (κ2) is 5.17. The van der Waals surface area contributed by atoms with Crippen LogP contribution >= 0.6 is 0 Å². The van der Waals surface area contributed by atoms with E-state index < -0.39 is 0 Å². The number of aryl methyl sites for hydroxylation is 2. The highest BCUT2D eigenvalue weighted by molar-refractivity contribution is 6.09. The Morgan fingerprint density at radius 3 is 1.70 bits per heavy atom. The molecular formula is C21H19NO. The molecule has 23 heavy (non-hydrogen) atoms. The predicted octanol–water partition coefficient (Wildman–Crippen LogP) is 5.41. The zero-order chi connectivity index (χ0) is 16.0. The van der Waals surface area contributed by atoms with Gasteiger partial charge in [0.05, 0.1) is 18.1 Å². The molecule has 3 aromatic carbocycles. The van der Waals surface area contributed by atoms with Crippen molar-refractivity contribution in [2.75, 3.05) is 7.11 Å². The van der Waals surface area contributed by atoms with Gasteiger partial charge in [0.2, 0.25) is 0 Å². The molecule has 1 heterocycles. The molecule has 0 aliphatic rings. The fourth-order valence-electron chi connectivity index (χ4n) is 3.25. The van der Waals surface area contributed by atoms with Gasteiger partial charge in [0.1, 0.15) is 5.75 Å². The van der Waals surface area contributed by atoms with E-state index in [1.54, 1.807) is 7.11 Å². The lowest BCUT2D eigenvalue weighted by atomic mass is 10.1. The van der Waals surface area contributed by atoms with Crippen LogP contribution in [0.3, 0.4) is 0 Å². The van der Waals surface area contributed by atoms with Gasteiger partial charge < -0.3 is 9.30 Å². The first kappa shape index (κ1) is 13.9. The second-order valence-electron chi connectivity index (χ2n) is 6.07. The molecule has 4 aromatic rings. The highest BCUT2D eigenvalue weighted by Crippen LogP contribution is 2.33. The van der Waals surface area contributed by atoms with Crippen molar-refractivity contribution in [3.8, 4) is 11.4 Å². The Morgan fingerprint density at radius 2 is 1.22 bits per heavy atom. The van der Waals surface area contributed by atoms with Crippen molar-refractivity contribution < 1.29 is 4.74 Å². The van der Waals surface area contributed by atoms with E-state index in [4.69, 9.17) is 4.74 Å². The molecule has 0 radical (unpaired) electrons. The first-order chi connectivity index (χ1) is 11.2. The summed E-state index contributed by atoms with van der Waals surface area (Å²) >= 11 is 0. The number of rotatable bonds is 2. The number of fused-ring (bicyclic) bond motifs is 3. The van der Waals surface area contributed by atoms with E-state index in [1.165, 1.54) is 32.9 Å². The lowest BCUT2D eigenvalue weighted by molar-refractivity contribution is 0.415. The number of ether oxygens (including phenoxy) is 1. The monoisotopic (exact) mass is 301 g/mol. The maximum atomic E-state index is 5.29. The van der Waals surface area contributed by atoms with Crippen LogP contribution in [0, 0.1) is 13.8 Å². The van der Waals surface area contributed by atoms with Crippen LogP contribution in [0.5, 0.6) is 5.75 Å². The Kier molecular flexibility index (Phi) is 3.12. The Morgan fingerprint density at radius 1 is 0.696 bits per heavy atom. The molecule has 114 valence electrons. The van der Waals surface area contributed by atoms with Crippen molar-refractivity contribution in [3.05, 3.63) is 71.8 Å². The van der Waals surface area contributed by atoms with Crippen molar-refractivity contribution in [2.45, 2.75) is 13.8 Å². The van der Waals surface area contributed by atoms with Crippen LogP contribution in [-0.4, -0.2) is 11.7 Å². The number of aromatic nitrogens is 1. The SMILES string of the molecule is COc1ccc(-n2c3cc(C)ccc3c3ccc(C)cc32)cc1. The molecule has 0 saturated carbocycles. The van der Waals surface area contributed by atoms with Crippen molar-refractivity contribution in [1.82, 2.24) is 4.57 Å². The summed E-state index contributed by atoms with van der Waals surface area (Å²) in [5, 5.41) is 2.59. The lowest BCUT2D eigenvalue weighted by Crippen LogP contribution is -1.94. The Balaban J connectivity index is 2.12. The fraction of sp³-hybridized carbons (Fsp3) is 0.143. The summed E-state index contributed by atoms with van der Waals surface area (Å²) < 4.78 is 7.63. The zero-order valence-electron chi connectivity index (χ0n) is 13.6. The van der Waals surface area contributed by atoms with E-state index >= 15 is 0 Å². The summed E-state index contributed by atoms with van der Waals surface area (Å²) in [7, 11) is 1.70. The molecule has 0 spiro atoms. The molecule has 0 atom stereocenters. The number of nitrogens with zero attached hydrogens (tertiary/aromatic N) is 1. The lowest BCUT2D eigenvalue weighted by Gasteiger charge is -2.09. The third-order valence-corrected chi connectivity index (χ3v) is 4.41. The third-order valence-electron chi connectivity index (χ3n) is 4.41. The minimum Gasteiger partial charge on any atom is -0.497 e. The van der Waals surface area contributed by atoms with Gasteiger partial charge in [-0.05, 0) is 61.4 Å². The average Bonchev–Trinajstić information content (AvgIpc) is 2.87. The second-order valence-corrected chi connectivity index (χ2v) is 6.07. The topological polar surface area (TPSA) is 14.2 Å². The summed E-state index contributed by atoms with van der Waals surface area (Å²) in [5.41, 5.74) is 6.19. The minimum absolute atomic E-state index is 0.877. The van der Waals surface area contributed by atoms with Gasteiger partial charge in [0.25, 0.3) is 0 Å². The molecule has 0 saturated heterocycles. The first-order valence-corrected chi connectivity index (χ1v) is 7.83. The van der Waals surface area contributed by atoms with Gasteiger partial charge >= 0.3 is 0 Å². The molecule has 0 amide bonds. The van der Waals surface area contributed by atoms with Gasteiger partial charge in [-0.25, -0.2) is 0 Å². The van der Waals surface area contributed by atoms with Gasteiger partial charge in [-0.3, -0.25) is 0 Å². The van der Waals surface area contributed by atoms with Crippen molar-refractivity contribution in [3.63, 3.8) is 0 Å². The van der Waals surface area contributed by atoms with Gasteiger partial charge in [0, 0.05) is 16.5 Å². The van der Waals surface area contributed by atoms with E-state index in [0.29, 0.717) is 0 Å². The molecule has 0 unspecified atom stereocenters. The number of methoxy groups -OCH3 is 1. The van der Waals surface area contributed by atoms with Crippen LogP contribution < -0.4 is 4.74 Å². The molecular weight excluding hydrogens is 282 g/mol. The number of hydrogen-bond acceptors (Lipinski definition) is 1. The summed E-state index contributed by atoms with van der Waals surface area (Å²) in [6, 6.07) is 21.6. The molecule has 0 fully saturated rings. The number of hydrogen-bond donors (Lipinski definition) is 0. The van der Waals surface area contributed by atoms with Crippen molar-refractivity contribution in [2.24, 2.45) is 0 Å². The molecule has 2 nitrogen and oxygen atoms in total. The standard InChI is InChI=1S/C21H19NO/c1-14-4-10-18-19-11-5-15(2)13-21(19)22(20(18)12-14)16-6-8-17(23-3)9-7-16/h4-13H,1-3H3. The average molecular weight is 301 g/mol. The Hall–Kier alpha value is -2.74. The van der Waals surface area contributed by atoms with Gasteiger partial charge in [-0.2, -0.15) is 0 Å². The van der Waals surface area contributed by atoms with Crippen LogP contribution in [0.15, 0.2) is 60.7 Å². The Labute approximate surface area is 135 Å². The summed E-state index contributed by atoms with van der Waals surface area (Å²) in [6.07, 6.45) is 0. The van der Waals surface area contributed by atoms with Gasteiger partial charge in [-0.1, -0.05) is 24.3 Å². The van der Waals surface area contributed by atoms with Crippen molar-refractivity contribution in [1.29, 1.82) is 0 Å². The maximum absolute atomic E-state index is 5.29. The Bertz CT molecular complexity index is 950. The summed E-state index contributed by atoms with van der Waals surface area (Å²) in [5.74, 6) is 0.877. The van der Waals surface area contributed by atoms with E-state index in [-0.39, 0.29) is 0 Å². The predicted molar refractivity (Wildman–Crippen MR) is 96.8 cm³/mol. The quantitative estimate of drug-likeness (QED) is 0.483. The van der Waals surface area contributed by atoms with Crippen LogP contribution in [0.1, 0.15) is 11.1 Å². The third kappa shape index (κ3) is 2.18. The van der Waals surface area contributed by atoms with Crippen LogP contribution in [0.25, 0.3) is 27.5 Å². The summed E-state index contributed by atoms with van der Waals surface area (Å²) in [4.78, 5) is 0. The van der Waals surface area contributed by atoms with Crippen LogP contribution in [0.2, 0.25) is 0 Å². The zero-order valence-corrected chi connectivity index (χ0v) is 13.6. The molecule has 0 aliphatic heterocycles. The van der Waals surface area contributed by atoms with E-state index in [2.05, 4.69) is 66.9 Å². The van der Waals surface area contributed by atoms with Crippen LogP contribution in [0.4, 0.5) is 0 Å². The molecule has 0 aliphatic carbocycles. The smallest absolute Gasteiger partial charge is 0.119 e. The fourth-order valence-corrected chi connectivity index (χ4v) is 3.25. The first-order valence-electron chi connectivity index (χ1n) is 7.83. The molecule has 4 rings (SSSR count). The van der Waals surface area contributed by atoms with Crippen molar-refractivity contribution >= 4 is 21.8 Å². The minimum atomic E-state index is 0.877. The summed E-state index contributed by atoms with van der Waals surface area (Å²) in [6.45, 7) is 4.28. The molecule has 0 N–H and O–H groups in total. The van der Waals surface area contributed by atoms with Crippen LogP contribution in [-0.2, 0) is 0 Å². The van der Waals surface area contributed by atoms with E-state index in [1.807, 2.05) is 12.1 Å². The number of benzene rings is 3. The molecule has 1 aromatic heterocycles. The normalized spacial score (nSPS) is 11.3. The molecule has 0 bridgehead atoms. The highest BCUT2D eigenvalue weighted by atomic mass is 16.5. The maximum Gasteiger partial charge on any atom is 0.119 e. The largest absolute Gasteiger partial charge is 0.497 e. The van der Waals surface area contributed by atoms with Gasteiger partial charge in [0.15, 0.2) is 0 Å². The molecule has 2 heteroatoms.